The minimum absolute atomic E-state index is 0.0950. The summed E-state index contributed by atoms with van der Waals surface area (Å²) >= 11 is 7.66. The van der Waals surface area contributed by atoms with Gasteiger partial charge in [0.15, 0.2) is 0 Å². The smallest absolute Gasteiger partial charge is 0.271 e. The standard InChI is InChI=1S/C14H9Br2FN2O3S/c15-11-5-9(19(21)22)6-12(16)14(11)18-13(20)7-23-10-3-1-8(17)2-4-10/h1-6H,7H2,(H,18,20). The number of carbonyl (C=O) groups is 1. The maximum atomic E-state index is 12.8. The van der Waals surface area contributed by atoms with Crippen LogP contribution >= 0.6 is 43.6 Å². The minimum atomic E-state index is -0.522. The summed E-state index contributed by atoms with van der Waals surface area (Å²) in [4.78, 5) is 23.0. The zero-order valence-corrected chi connectivity index (χ0v) is 15.4. The van der Waals surface area contributed by atoms with Crippen molar-refractivity contribution in [3.63, 3.8) is 0 Å². The van der Waals surface area contributed by atoms with Gasteiger partial charge in [0.25, 0.3) is 5.69 Å². The number of nitrogens with zero attached hydrogens (tertiary/aromatic N) is 1. The van der Waals surface area contributed by atoms with Crippen LogP contribution in [0, 0.1) is 15.9 Å². The van der Waals surface area contributed by atoms with Crippen LogP contribution in [0.2, 0.25) is 0 Å². The predicted octanol–water partition coefficient (Wildman–Crippen LogP) is 4.99. The van der Waals surface area contributed by atoms with Crippen LogP contribution < -0.4 is 5.32 Å². The summed E-state index contributed by atoms with van der Waals surface area (Å²) < 4.78 is 13.6. The van der Waals surface area contributed by atoms with Gasteiger partial charge in [-0.25, -0.2) is 4.39 Å². The van der Waals surface area contributed by atoms with Crippen molar-refractivity contribution in [2.45, 2.75) is 4.90 Å². The van der Waals surface area contributed by atoms with Gasteiger partial charge in [0.1, 0.15) is 5.82 Å². The summed E-state index contributed by atoms with van der Waals surface area (Å²) in [5, 5.41) is 13.4. The highest BCUT2D eigenvalue weighted by atomic mass is 79.9. The van der Waals surface area contributed by atoms with E-state index in [1.165, 1.54) is 36.0 Å². The van der Waals surface area contributed by atoms with E-state index in [0.29, 0.717) is 14.6 Å². The Balaban J connectivity index is 2.02. The van der Waals surface area contributed by atoms with Crippen molar-refractivity contribution in [1.82, 2.24) is 0 Å². The van der Waals surface area contributed by atoms with Crippen LogP contribution in [-0.4, -0.2) is 16.6 Å². The Morgan fingerprint density at radius 1 is 1.22 bits per heavy atom. The first-order valence-corrected chi connectivity index (χ1v) is 8.75. The zero-order valence-electron chi connectivity index (χ0n) is 11.4. The Hall–Kier alpha value is -1.45. The lowest BCUT2D eigenvalue weighted by Gasteiger charge is -2.09. The molecule has 2 rings (SSSR count). The highest BCUT2D eigenvalue weighted by Gasteiger charge is 2.16. The molecule has 0 aliphatic heterocycles. The van der Waals surface area contributed by atoms with Crippen molar-refractivity contribution >= 4 is 60.9 Å². The van der Waals surface area contributed by atoms with Crippen LogP contribution in [0.4, 0.5) is 15.8 Å². The van der Waals surface area contributed by atoms with Crippen LogP contribution in [0.15, 0.2) is 50.2 Å². The second kappa shape index (κ2) is 7.89. The molecule has 0 aliphatic rings. The summed E-state index contributed by atoms with van der Waals surface area (Å²) in [6, 6.07) is 8.45. The van der Waals surface area contributed by atoms with E-state index < -0.39 is 4.92 Å². The van der Waals surface area contributed by atoms with Crippen molar-refractivity contribution < 1.29 is 14.1 Å². The lowest BCUT2D eigenvalue weighted by Crippen LogP contribution is -2.15. The average Bonchev–Trinajstić information content (AvgIpc) is 2.50. The summed E-state index contributed by atoms with van der Waals surface area (Å²) in [6.07, 6.45) is 0. The molecular weight excluding hydrogens is 455 g/mol. The summed E-state index contributed by atoms with van der Waals surface area (Å²) in [6.45, 7) is 0. The first-order chi connectivity index (χ1) is 10.9. The number of halogens is 3. The van der Waals surface area contributed by atoms with Gasteiger partial charge >= 0.3 is 0 Å². The molecule has 2 aromatic rings. The van der Waals surface area contributed by atoms with E-state index >= 15 is 0 Å². The molecule has 1 amide bonds. The van der Waals surface area contributed by atoms with Crippen molar-refractivity contribution in [2.75, 3.05) is 11.1 Å². The van der Waals surface area contributed by atoms with Crippen LogP contribution in [0.25, 0.3) is 0 Å². The fourth-order valence-corrected chi connectivity index (χ4v) is 3.70. The van der Waals surface area contributed by atoms with Crippen LogP contribution in [0.5, 0.6) is 0 Å². The number of non-ortho nitro benzene ring substituents is 1. The van der Waals surface area contributed by atoms with Crippen molar-refractivity contribution in [3.8, 4) is 0 Å². The number of rotatable bonds is 5. The molecule has 0 saturated carbocycles. The number of nitro groups is 1. The SMILES string of the molecule is O=C(CSc1ccc(F)cc1)Nc1c(Br)cc([N+](=O)[O-])cc1Br. The Bertz CT molecular complexity index is 733. The van der Waals surface area contributed by atoms with Crippen molar-refractivity contribution in [2.24, 2.45) is 0 Å². The molecule has 9 heteroatoms. The van der Waals surface area contributed by atoms with E-state index in [2.05, 4.69) is 37.2 Å². The predicted molar refractivity (Wildman–Crippen MR) is 94.3 cm³/mol. The quantitative estimate of drug-likeness (QED) is 0.385. The fraction of sp³-hybridized carbons (Fsp3) is 0.0714. The Morgan fingerprint density at radius 2 is 1.78 bits per heavy atom. The number of carbonyl (C=O) groups excluding carboxylic acids is 1. The molecule has 0 atom stereocenters. The number of benzene rings is 2. The Morgan fingerprint density at radius 3 is 2.30 bits per heavy atom. The topological polar surface area (TPSA) is 72.2 Å². The van der Waals surface area contributed by atoms with Gasteiger partial charge in [-0.2, -0.15) is 0 Å². The molecule has 5 nitrogen and oxygen atoms in total. The number of hydrogen-bond donors (Lipinski definition) is 1. The molecule has 0 bridgehead atoms. The third-order valence-electron chi connectivity index (χ3n) is 2.69. The van der Waals surface area contributed by atoms with Gasteiger partial charge < -0.3 is 5.32 Å². The lowest BCUT2D eigenvalue weighted by molar-refractivity contribution is -0.385. The minimum Gasteiger partial charge on any atom is -0.323 e. The number of nitrogens with one attached hydrogen (secondary N) is 1. The molecule has 0 unspecified atom stereocenters. The number of amides is 1. The van der Waals surface area contributed by atoms with E-state index in [0.717, 1.165) is 4.90 Å². The molecule has 0 radical (unpaired) electrons. The van der Waals surface area contributed by atoms with E-state index in [-0.39, 0.29) is 23.2 Å². The highest BCUT2D eigenvalue weighted by molar-refractivity contribution is 9.11. The average molecular weight is 464 g/mol. The van der Waals surface area contributed by atoms with Crippen molar-refractivity contribution in [1.29, 1.82) is 0 Å². The summed E-state index contributed by atoms with van der Waals surface area (Å²) in [7, 11) is 0. The molecule has 0 aromatic heterocycles. The third kappa shape index (κ3) is 5.02. The van der Waals surface area contributed by atoms with Crippen LogP contribution in [-0.2, 0) is 4.79 Å². The van der Waals surface area contributed by atoms with Gasteiger partial charge in [0.05, 0.1) is 16.4 Å². The molecule has 23 heavy (non-hydrogen) atoms. The fourth-order valence-electron chi connectivity index (χ4n) is 1.64. The van der Waals surface area contributed by atoms with Gasteiger partial charge in [-0.15, -0.1) is 11.8 Å². The zero-order chi connectivity index (χ0) is 17.0. The lowest BCUT2D eigenvalue weighted by atomic mass is 10.3. The number of nitro benzene ring substituents is 1. The van der Waals surface area contributed by atoms with Crippen LogP contribution in [0.3, 0.4) is 0 Å². The molecule has 0 fully saturated rings. The van der Waals surface area contributed by atoms with E-state index in [1.54, 1.807) is 12.1 Å². The first-order valence-electron chi connectivity index (χ1n) is 6.18. The first kappa shape index (κ1) is 17.9. The summed E-state index contributed by atoms with van der Waals surface area (Å²) in [5.74, 6) is -0.492. The molecule has 2 aromatic carbocycles. The van der Waals surface area contributed by atoms with Crippen LogP contribution in [0.1, 0.15) is 0 Å². The monoisotopic (exact) mass is 462 g/mol. The molecular formula is C14H9Br2FN2O3S. The number of hydrogen-bond acceptors (Lipinski definition) is 4. The molecule has 0 aliphatic carbocycles. The molecule has 120 valence electrons. The molecule has 0 saturated heterocycles. The van der Waals surface area contributed by atoms with Gasteiger partial charge in [0, 0.05) is 26.0 Å². The van der Waals surface area contributed by atoms with Gasteiger partial charge in [0.2, 0.25) is 5.91 Å². The largest absolute Gasteiger partial charge is 0.323 e. The van der Waals surface area contributed by atoms with Gasteiger partial charge in [-0.05, 0) is 56.1 Å². The second-order valence-corrected chi connectivity index (χ2v) is 7.09. The molecule has 0 spiro atoms. The Kier molecular flexibility index (Phi) is 6.14. The summed E-state index contributed by atoms with van der Waals surface area (Å²) in [5.41, 5.74) is 0.322. The van der Waals surface area contributed by atoms with E-state index in [4.69, 9.17) is 0 Å². The normalized spacial score (nSPS) is 10.4. The van der Waals surface area contributed by atoms with Gasteiger partial charge in [-0.3, -0.25) is 14.9 Å². The number of thioether (sulfide) groups is 1. The van der Waals surface area contributed by atoms with Gasteiger partial charge in [-0.1, -0.05) is 0 Å². The third-order valence-corrected chi connectivity index (χ3v) is 4.95. The maximum absolute atomic E-state index is 12.8. The Labute approximate surface area is 152 Å². The molecule has 1 N–H and O–H groups in total. The highest BCUT2D eigenvalue weighted by Crippen LogP contribution is 2.35. The van der Waals surface area contributed by atoms with Crippen molar-refractivity contribution in [3.05, 3.63) is 61.3 Å². The maximum Gasteiger partial charge on any atom is 0.271 e. The molecule has 0 heterocycles. The number of anilines is 1. The van der Waals surface area contributed by atoms with E-state index in [9.17, 15) is 19.3 Å². The van der Waals surface area contributed by atoms with E-state index in [1.807, 2.05) is 0 Å². The second-order valence-electron chi connectivity index (χ2n) is 4.33.